The molecule has 17 heavy (non-hydrogen) atoms. The van der Waals surface area contributed by atoms with E-state index in [1.165, 1.54) is 5.56 Å². The molecule has 1 aliphatic rings. The molecule has 0 saturated carbocycles. The minimum Gasteiger partial charge on any atom is -0.381 e. The van der Waals surface area contributed by atoms with E-state index < -0.39 is 0 Å². The summed E-state index contributed by atoms with van der Waals surface area (Å²) in [6.45, 7) is 2.77. The highest BCUT2D eigenvalue weighted by atomic mass is 16.5. The first-order valence-corrected chi connectivity index (χ1v) is 6.43. The molecule has 0 spiro atoms. The van der Waals surface area contributed by atoms with Crippen LogP contribution in [0.4, 0.5) is 0 Å². The van der Waals surface area contributed by atoms with Gasteiger partial charge in [0.1, 0.15) is 0 Å². The molecule has 0 amide bonds. The molecule has 94 valence electrons. The van der Waals surface area contributed by atoms with Crippen molar-refractivity contribution in [3.8, 4) is 0 Å². The van der Waals surface area contributed by atoms with Crippen molar-refractivity contribution in [2.45, 2.75) is 24.9 Å². The van der Waals surface area contributed by atoms with E-state index in [4.69, 9.17) is 4.74 Å². The third-order valence-corrected chi connectivity index (χ3v) is 3.38. The van der Waals surface area contributed by atoms with Gasteiger partial charge in [-0.15, -0.1) is 0 Å². The normalized spacial score (nSPS) is 19.1. The molecule has 0 unspecified atom stereocenters. The largest absolute Gasteiger partial charge is 0.381 e. The lowest BCUT2D eigenvalue weighted by Crippen LogP contribution is -2.39. The molecule has 0 aliphatic carbocycles. The Labute approximate surface area is 104 Å². The van der Waals surface area contributed by atoms with Gasteiger partial charge in [0.05, 0.1) is 0 Å². The monoisotopic (exact) mass is 234 g/mol. The standard InChI is InChI=1S/C14H22N2O/c1-15-14(12-5-3-2-4-6-12)11-16-13-7-9-17-10-8-13/h2-6,13-16H,7-11H2,1H3/t14-/m1/s1. The highest BCUT2D eigenvalue weighted by Crippen LogP contribution is 2.12. The smallest absolute Gasteiger partial charge is 0.0480 e. The Morgan fingerprint density at radius 1 is 1.24 bits per heavy atom. The lowest BCUT2D eigenvalue weighted by Gasteiger charge is -2.26. The maximum Gasteiger partial charge on any atom is 0.0480 e. The summed E-state index contributed by atoms with van der Waals surface area (Å²) >= 11 is 0. The molecule has 0 radical (unpaired) electrons. The summed E-state index contributed by atoms with van der Waals surface area (Å²) in [7, 11) is 2.02. The van der Waals surface area contributed by atoms with Gasteiger partial charge in [-0.1, -0.05) is 30.3 Å². The zero-order valence-electron chi connectivity index (χ0n) is 10.5. The molecule has 3 nitrogen and oxygen atoms in total. The molecule has 1 atom stereocenters. The number of hydrogen-bond donors (Lipinski definition) is 2. The third-order valence-electron chi connectivity index (χ3n) is 3.38. The summed E-state index contributed by atoms with van der Waals surface area (Å²) in [6, 6.07) is 11.6. The number of rotatable bonds is 5. The molecule has 3 heteroatoms. The minimum atomic E-state index is 0.388. The van der Waals surface area contributed by atoms with Gasteiger partial charge in [0.15, 0.2) is 0 Å². The SMILES string of the molecule is CN[C@H](CNC1CCOCC1)c1ccccc1. The van der Waals surface area contributed by atoms with E-state index in [9.17, 15) is 0 Å². The zero-order valence-corrected chi connectivity index (χ0v) is 10.5. The van der Waals surface area contributed by atoms with Crippen molar-refractivity contribution in [1.29, 1.82) is 0 Å². The Morgan fingerprint density at radius 3 is 2.59 bits per heavy atom. The molecule has 2 N–H and O–H groups in total. The van der Waals surface area contributed by atoms with Gasteiger partial charge >= 0.3 is 0 Å². The van der Waals surface area contributed by atoms with E-state index in [2.05, 4.69) is 41.0 Å². The van der Waals surface area contributed by atoms with E-state index >= 15 is 0 Å². The van der Waals surface area contributed by atoms with Crippen molar-refractivity contribution in [2.75, 3.05) is 26.8 Å². The third kappa shape index (κ3) is 3.80. The van der Waals surface area contributed by atoms with Crippen LogP contribution in [0.15, 0.2) is 30.3 Å². The molecule has 1 aliphatic heterocycles. The van der Waals surface area contributed by atoms with Crippen LogP contribution in [0.5, 0.6) is 0 Å². The topological polar surface area (TPSA) is 33.3 Å². The molecule has 0 aromatic heterocycles. The molecule has 1 heterocycles. The molecule has 1 aromatic rings. The molecule has 0 bridgehead atoms. The summed E-state index contributed by atoms with van der Waals surface area (Å²) in [5.74, 6) is 0. The second-order valence-corrected chi connectivity index (χ2v) is 4.55. The van der Waals surface area contributed by atoms with Gasteiger partial charge in [-0.05, 0) is 25.5 Å². The maximum atomic E-state index is 5.36. The Kier molecular flexibility index (Phi) is 4.98. The first-order chi connectivity index (χ1) is 8.40. The summed E-state index contributed by atoms with van der Waals surface area (Å²) in [5, 5.41) is 6.99. The van der Waals surface area contributed by atoms with E-state index in [0.717, 1.165) is 32.6 Å². The number of likely N-dealkylation sites (N-methyl/N-ethyl adjacent to an activating group) is 1. The lowest BCUT2D eigenvalue weighted by atomic mass is 10.1. The zero-order chi connectivity index (χ0) is 11.9. The van der Waals surface area contributed by atoms with Gasteiger partial charge in [-0.25, -0.2) is 0 Å². The minimum absolute atomic E-state index is 0.388. The predicted molar refractivity (Wildman–Crippen MR) is 70.1 cm³/mol. The van der Waals surface area contributed by atoms with Gasteiger partial charge in [0.2, 0.25) is 0 Å². The summed E-state index contributed by atoms with van der Waals surface area (Å²) in [6.07, 6.45) is 2.26. The van der Waals surface area contributed by atoms with Crippen LogP contribution in [0.25, 0.3) is 0 Å². The fourth-order valence-electron chi connectivity index (χ4n) is 2.26. The molecule has 1 aromatic carbocycles. The quantitative estimate of drug-likeness (QED) is 0.814. The average Bonchev–Trinajstić information content (AvgIpc) is 2.42. The van der Waals surface area contributed by atoms with Crippen LogP contribution >= 0.6 is 0 Å². The van der Waals surface area contributed by atoms with Gasteiger partial charge in [-0.3, -0.25) is 0 Å². The fourth-order valence-corrected chi connectivity index (χ4v) is 2.26. The highest BCUT2D eigenvalue weighted by molar-refractivity contribution is 5.19. The van der Waals surface area contributed by atoms with Crippen LogP contribution < -0.4 is 10.6 Å². The first kappa shape index (κ1) is 12.6. The molecule has 1 saturated heterocycles. The van der Waals surface area contributed by atoms with Gasteiger partial charge in [0.25, 0.3) is 0 Å². The summed E-state index contributed by atoms with van der Waals surface area (Å²) in [4.78, 5) is 0. The second kappa shape index (κ2) is 6.74. The summed E-state index contributed by atoms with van der Waals surface area (Å²) < 4.78 is 5.36. The van der Waals surface area contributed by atoms with Crippen molar-refractivity contribution in [2.24, 2.45) is 0 Å². The Balaban J connectivity index is 1.83. The Bertz CT molecular complexity index is 309. The van der Waals surface area contributed by atoms with Crippen LogP contribution in [-0.2, 0) is 4.74 Å². The predicted octanol–water partition coefficient (Wildman–Crippen LogP) is 1.72. The Hall–Kier alpha value is -0.900. The molecular weight excluding hydrogens is 212 g/mol. The molecular formula is C14H22N2O. The van der Waals surface area contributed by atoms with Crippen LogP contribution in [0.1, 0.15) is 24.4 Å². The lowest BCUT2D eigenvalue weighted by molar-refractivity contribution is 0.0774. The van der Waals surface area contributed by atoms with Crippen LogP contribution in [0.2, 0.25) is 0 Å². The average molecular weight is 234 g/mol. The number of ether oxygens (including phenoxy) is 1. The van der Waals surface area contributed by atoms with Crippen LogP contribution in [0, 0.1) is 0 Å². The maximum absolute atomic E-state index is 5.36. The van der Waals surface area contributed by atoms with Gasteiger partial charge < -0.3 is 15.4 Å². The molecule has 2 rings (SSSR count). The van der Waals surface area contributed by atoms with Crippen LogP contribution in [-0.4, -0.2) is 32.8 Å². The van der Waals surface area contributed by atoms with Gasteiger partial charge in [0, 0.05) is 31.8 Å². The van der Waals surface area contributed by atoms with Crippen molar-refractivity contribution < 1.29 is 4.74 Å². The molecule has 1 fully saturated rings. The fraction of sp³-hybridized carbons (Fsp3) is 0.571. The van der Waals surface area contributed by atoms with Crippen LogP contribution in [0.3, 0.4) is 0 Å². The van der Waals surface area contributed by atoms with Crippen molar-refractivity contribution in [3.05, 3.63) is 35.9 Å². The Morgan fingerprint density at radius 2 is 1.94 bits per heavy atom. The second-order valence-electron chi connectivity index (χ2n) is 4.55. The summed E-state index contributed by atoms with van der Waals surface area (Å²) in [5.41, 5.74) is 1.34. The number of benzene rings is 1. The van der Waals surface area contributed by atoms with Gasteiger partial charge in [-0.2, -0.15) is 0 Å². The van der Waals surface area contributed by atoms with E-state index in [1.807, 2.05) is 7.05 Å². The first-order valence-electron chi connectivity index (χ1n) is 6.43. The van der Waals surface area contributed by atoms with Crippen molar-refractivity contribution >= 4 is 0 Å². The van der Waals surface area contributed by atoms with Crippen molar-refractivity contribution in [1.82, 2.24) is 10.6 Å². The van der Waals surface area contributed by atoms with E-state index in [0.29, 0.717) is 12.1 Å². The van der Waals surface area contributed by atoms with E-state index in [-0.39, 0.29) is 0 Å². The number of nitrogens with one attached hydrogen (secondary N) is 2. The van der Waals surface area contributed by atoms with E-state index in [1.54, 1.807) is 0 Å². The highest BCUT2D eigenvalue weighted by Gasteiger charge is 2.15. The number of hydrogen-bond acceptors (Lipinski definition) is 3. The van der Waals surface area contributed by atoms with Crippen molar-refractivity contribution in [3.63, 3.8) is 0 Å².